The van der Waals surface area contributed by atoms with Crippen LogP contribution in [0.5, 0.6) is 17.2 Å². The molecular formula is C39H29BrN2O8. The fourth-order valence-corrected chi connectivity index (χ4v) is 8.15. The molecule has 4 unspecified atom stereocenters. The van der Waals surface area contributed by atoms with Gasteiger partial charge in [-0.2, -0.15) is 0 Å². The Labute approximate surface area is 294 Å². The van der Waals surface area contributed by atoms with Crippen LogP contribution in [-0.4, -0.2) is 47.7 Å². The minimum Gasteiger partial charge on any atom is -0.502 e. The van der Waals surface area contributed by atoms with Crippen molar-refractivity contribution in [2.45, 2.75) is 12.8 Å². The van der Waals surface area contributed by atoms with Gasteiger partial charge in [-0.15, -0.1) is 0 Å². The number of rotatable bonds is 6. The summed E-state index contributed by atoms with van der Waals surface area (Å²) in [6, 6.07) is 17.7. The molecule has 250 valence electrons. The Morgan fingerprint density at radius 3 is 2.38 bits per heavy atom. The zero-order valence-electron chi connectivity index (χ0n) is 26.9. The molecule has 3 aromatic carbocycles. The third kappa shape index (κ3) is 4.94. The second kappa shape index (κ2) is 12.1. The van der Waals surface area contributed by atoms with Crippen LogP contribution in [0, 0.1) is 23.7 Å². The molecule has 1 aliphatic heterocycles. The SMILES string of the molecule is COc1cc(C=CC2C3=CCC4C(=O)N(c5ccc(-c6nc7ccccc7o6)cc5)C(=O)C4C3CC3=C2C(=O)C=C(Br)C3=O)cc(OC)c1O. The zero-order chi connectivity index (χ0) is 34.8. The van der Waals surface area contributed by atoms with Crippen molar-refractivity contribution in [3.8, 4) is 28.7 Å². The molecule has 0 bridgehead atoms. The summed E-state index contributed by atoms with van der Waals surface area (Å²) in [5.41, 5.74) is 4.67. The summed E-state index contributed by atoms with van der Waals surface area (Å²) in [6.07, 6.45) is 7.31. The van der Waals surface area contributed by atoms with Crippen LogP contribution < -0.4 is 14.4 Å². The maximum Gasteiger partial charge on any atom is 0.238 e. The Hall–Kier alpha value is -5.55. The largest absolute Gasteiger partial charge is 0.502 e. The van der Waals surface area contributed by atoms with Gasteiger partial charge in [0.1, 0.15) is 5.52 Å². The number of methoxy groups -OCH3 is 2. The summed E-state index contributed by atoms with van der Waals surface area (Å²) in [6.45, 7) is 0. The number of benzene rings is 3. The third-order valence-corrected chi connectivity index (χ3v) is 10.6. The Morgan fingerprint density at radius 1 is 0.960 bits per heavy atom. The molecule has 2 amide bonds. The van der Waals surface area contributed by atoms with Crippen molar-refractivity contribution in [1.29, 1.82) is 0 Å². The number of amides is 2. The third-order valence-electron chi connectivity index (χ3n) is 10.0. The summed E-state index contributed by atoms with van der Waals surface area (Å²) >= 11 is 3.26. The summed E-state index contributed by atoms with van der Waals surface area (Å²) < 4.78 is 16.7. The lowest BCUT2D eigenvalue weighted by Crippen LogP contribution is -2.40. The number of hydrogen-bond acceptors (Lipinski definition) is 9. The molecule has 1 N–H and O–H groups in total. The van der Waals surface area contributed by atoms with Gasteiger partial charge < -0.3 is 19.0 Å². The highest BCUT2D eigenvalue weighted by Gasteiger charge is 2.56. The van der Waals surface area contributed by atoms with Gasteiger partial charge >= 0.3 is 0 Å². The van der Waals surface area contributed by atoms with Crippen LogP contribution in [0.4, 0.5) is 5.69 Å². The number of para-hydroxylation sites is 2. The first-order valence-corrected chi connectivity index (χ1v) is 16.8. The molecule has 0 saturated carbocycles. The second-order valence-electron chi connectivity index (χ2n) is 12.6. The van der Waals surface area contributed by atoms with Gasteiger partial charge in [-0.3, -0.25) is 24.1 Å². The number of aromatic nitrogens is 1. The number of imide groups is 1. The van der Waals surface area contributed by atoms with Crippen molar-refractivity contribution in [1.82, 2.24) is 4.98 Å². The van der Waals surface area contributed by atoms with E-state index in [9.17, 15) is 24.3 Å². The van der Waals surface area contributed by atoms with Gasteiger partial charge in [0.2, 0.25) is 23.5 Å². The molecule has 1 saturated heterocycles. The van der Waals surface area contributed by atoms with Crippen molar-refractivity contribution in [3.63, 3.8) is 0 Å². The van der Waals surface area contributed by atoms with Gasteiger partial charge in [0, 0.05) is 28.7 Å². The van der Waals surface area contributed by atoms with Crippen LogP contribution in [0.3, 0.4) is 0 Å². The molecule has 1 aromatic heterocycles. The lowest BCUT2D eigenvalue weighted by Gasteiger charge is -2.41. The maximum atomic E-state index is 14.3. The lowest BCUT2D eigenvalue weighted by molar-refractivity contribution is -0.123. The quantitative estimate of drug-likeness (QED) is 0.130. The normalized spacial score (nSPS) is 23.2. The molecule has 0 radical (unpaired) electrons. The van der Waals surface area contributed by atoms with E-state index in [0.29, 0.717) is 45.9 Å². The minimum atomic E-state index is -0.717. The zero-order valence-corrected chi connectivity index (χ0v) is 28.5. The number of oxazole rings is 1. The molecule has 4 atom stereocenters. The Bertz CT molecular complexity index is 2220. The number of allylic oxidation sites excluding steroid dienone is 7. The molecule has 11 heteroatoms. The van der Waals surface area contributed by atoms with Crippen LogP contribution in [-0.2, 0) is 19.2 Å². The molecule has 0 spiro atoms. The van der Waals surface area contributed by atoms with Crippen molar-refractivity contribution in [2.24, 2.45) is 23.7 Å². The number of anilines is 1. The first-order valence-electron chi connectivity index (χ1n) is 16.0. The Morgan fingerprint density at radius 2 is 1.68 bits per heavy atom. The van der Waals surface area contributed by atoms with E-state index in [4.69, 9.17) is 13.9 Å². The molecule has 4 aromatic rings. The summed E-state index contributed by atoms with van der Waals surface area (Å²) in [7, 11) is 2.86. The van der Waals surface area contributed by atoms with E-state index < -0.39 is 23.7 Å². The number of Topliss-reactive ketones (excluding diaryl/α,β-unsaturated/α-hetero) is 1. The standard InChI is InChI=1S/C39H29BrN2O8/c1-48-31-15-19(16-32(49-2)36(31)45)7-12-23-22-13-14-24-34(25(22)17-26-33(23)29(43)18-27(40)35(26)44)39(47)42(38(24)46)21-10-8-20(9-11-21)37-41-28-5-3-4-6-30(28)50-37/h3-13,15-16,18,23-25,34,45H,14,17H2,1-2H3. The van der Waals surface area contributed by atoms with Gasteiger partial charge in [0.25, 0.3) is 0 Å². The van der Waals surface area contributed by atoms with Gasteiger partial charge in [-0.05, 0) is 88.8 Å². The van der Waals surface area contributed by atoms with Crippen molar-refractivity contribution in [2.75, 3.05) is 19.1 Å². The monoisotopic (exact) mass is 732 g/mol. The van der Waals surface area contributed by atoms with Gasteiger partial charge in [-0.25, -0.2) is 4.98 Å². The molecular weight excluding hydrogens is 704 g/mol. The molecule has 10 nitrogen and oxygen atoms in total. The first kappa shape index (κ1) is 31.7. The highest BCUT2D eigenvalue weighted by Crippen LogP contribution is 2.53. The van der Waals surface area contributed by atoms with E-state index in [1.165, 1.54) is 25.2 Å². The van der Waals surface area contributed by atoms with E-state index >= 15 is 0 Å². The highest BCUT2D eigenvalue weighted by molar-refractivity contribution is 9.12. The van der Waals surface area contributed by atoms with Gasteiger partial charge in [0.15, 0.2) is 28.6 Å². The van der Waals surface area contributed by atoms with Crippen molar-refractivity contribution >= 4 is 62.2 Å². The van der Waals surface area contributed by atoms with Crippen LogP contribution >= 0.6 is 15.9 Å². The van der Waals surface area contributed by atoms with Crippen molar-refractivity contribution in [3.05, 3.63) is 106 Å². The number of nitrogens with zero attached hydrogens (tertiary/aromatic N) is 2. The molecule has 1 fully saturated rings. The van der Waals surface area contributed by atoms with Crippen molar-refractivity contribution < 1.29 is 38.2 Å². The fraction of sp³-hybridized carbons (Fsp3) is 0.205. The topological polar surface area (TPSA) is 136 Å². The average Bonchev–Trinajstić information content (AvgIpc) is 3.67. The van der Waals surface area contributed by atoms with Crippen LogP contribution in [0.2, 0.25) is 0 Å². The second-order valence-corrected chi connectivity index (χ2v) is 13.5. The number of phenolic OH excluding ortho intramolecular Hbond substituents is 1. The predicted octanol–water partition coefficient (Wildman–Crippen LogP) is 6.73. The number of ketones is 2. The Kier molecular flexibility index (Phi) is 7.67. The van der Waals surface area contributed by atoms with E-state index in [1.54, 1.807) is 42.5 Å². The van der Waals surface area contributed by atoms with Gasteiger partial charge in [0.05, 0.1) is 36.2 Å². The minimum absolute atomic E-state index is 0.145. The number of carbonyl (C=O) groups excluding carboxylic acids is 4. The summed E-state index contributed by atoms with van der Waals surface area (Å²) in [5, 5.41) is 10.4. The number of fused-ring (bicyclic) bond motifs is 4. The summed E-state index contributed by atoms with van der Waals surface area (Å²) in [4.78, 5) is 61.0. The molecule has 2 heterocycles. The van der Waals surface area contributed by atoms with E-state index in [2.05, 4.69) is 20.9 Å². The molecule has 8 rings (SSSR count). The number of aromatic hydroxyl groups is 1. The number of phenols is 1. The number of hydrogen-bond donors (Lipinski definition) is 1. The van der Waals surface area contributed by atoms with Gasteiger partial charge in [-0.1, -0.05) is 35.9 Å². The van der Waals surface area contributed by atoms with E-state index in [1.807, 2.05) is 36.4 Å². The number of carbonyl (C=O) groups is 4. The molecule has 3 aliphatic carbocycles. The average molecular weight is 734 g/mol. The number of ether oxygens (including phenoxy) is 2. The number of halogens is 1. The van der Waals surface area contributed by atoms with E-state index in [-0.39, 0.29) is 51.5 Å². The first-order chi connectivity index (χ1) is 24.2. The highest BCUT2D eigenvalue weighted by atomic mass is 79.9. The Balaban J connectivity index is 1.14. The molecule has 4 aliphatic rings. The van der Waals surface area contributed by atoms with Crippen LogP contribution in [0.25, 0.3) is 28.6 Å². The van der Waals surface area contributed by atoms with Crippen LogP contribution in [0.1, 0.15) is 18.4 Å². The van der Waals surface area contributed by atoms with E-state index in [0.717, 1.165) is 11.1 Å². The maximum absolute atomic E-state index is 14.3. The summed E-state index contributed by atoms with van der Waals surface area (Å²) in [5.74, 6) is -2.98. The predicted molar refractivity (Wildman–Crippen MR) is 188 cm³/mol. The smallest absolute Gasteiger partial charge is 0.238 e. The molecule has 50 heavy (non-hydrogen) atoms. The fourth-order valence-electron chi connectivity index (χ4n) is 7.71. The van der Waals surface area contributed by atoms with Crippen LogP contribution in [0.15, 0.2) is 105 Å². The lowest BCUT2D eigenvalue weighted by atomic mass is 9.61.